The van der Waals surface area contributed by atoms with Crippen molar-refractivity contribution in [1.82, 2.24) is 0 Å². The number of benzene rings is 1. The molecule has 3 N–H and O–H groups in total. The van der Waals surface area contributed by atoms with E-state index < -0.39 is 41.9 Å². The van der Waals surface area contributed by atoms with Crippen LogP contribution in [0.2, 0.25) is 0 Å². The molecule has 1 aromatic rings. The van der Waals surface area contributed by atoms with Gasteiger partial charge in [0.25, 0.3) is 0 Å². The molecule has 2 bridgehead atoms. The van der Waals surface area contributed by atoms with Crippen molar-refractivity contribution in [1.29, 1.82) is 0 Å². The standard InChI is InChI=1S/C9H7F2NO4/c10-5-4-1-3(7(12)9(13)14)8(6(5)11)16-2-15-4/h1,7H,2,12H2,(H,13,14). The van der Waals surface area contributed by atoms with Crippen molar-refractivity contribution < 1.29 is 28.2 Å². The van der Waals surface area contributed by atoms with Gasteiger partial charge in [-0.25, -0.2) is 0 Å². The molecule has 0 spiro atoms. The van der Waals surface area contributed by atoms with Crippen molar-refractivity contribution in [2.24, 2.45) is 5.73 Å². The Labute approximate surface area is 88.4 Å². The van der Waals surface area contributed by atoms with Gasteiger partial charge in [-0.3, -0.25) is 4.79 Å². The first-order chi connectivity index (χ1) is 7.52. The van der Waals surface area contributed by atoms with E-state index in [1.54, 1.807) is 0 Å². The fourth-order valence-electron chi connectivity index (χ4n) is 1.37. The van der Waals surface area contributed by atoms with Crippen LogP contribution in [0.3, 0.4) is 0 Å². The predicted octanol–water partition coefficient (Wildman–Crippen LogP) is 0.778. The SMILES string of the molecule is NC(C(=O)O)c1cc2c(F)c(F)c1OCO2. The summed E-state index contributed by atoms with van der Waals surface area (Å²) in [5.74, 6) is -4.81. The zero-order valence-corrected chi connectivity index (χ0v) is 7.87. The molecule has 0 saturated carbocycles. The van der Waals surface area contributed by atoms with E-state index in [1.807, 2.05) is 0 Å². The number of aliphatic carboxylic acids is 1. The number of nitrogens with two attached hydrogens (primary N) is 1. The lowest BCUT2D eigenvalue weighted by Gasteiger charge is -2.10. The molecule has 86 valence electrons. The maximum absolute atomic E-state index is 13.4. The summed E-state index contributed by atoms with van der Waals surface area (Å²) in [6, 6.07) is -0.468. The van der Waals surface area contributed by atoms with Gasteiger partial charge in [0.15, 0.2) is 11.5 Å². The van der Waals surface area contributed by atoms with Crippen LogP contribution < -0.4 is 15.2 Å². The van der Waals surface area contributed by atoms with Crippen molar-refractivity contribution in [3.05, 3.63) is 23.3 Å². The largest absolute Gasteiger partial charge is 0.480 e. The normalized spacial score (nSPS) is 14.9. The lowest BCUT2D eigenvalue weighted by molar-refractivity contribution is -0.138. The first kappa shape index (κ1) is 10.6. The molecule has 1 atom stereocenters. The number of hydrogen-bond donors (Lipinski definition) is 2. The second kappa shape index (κ2) is 3.60. The molecule has 5 nitrogen and oxygen atoms in total. The number of fused-ring (bicyclic) bond motifs is 4. The summed E-state index contributed by atoms with van der Waals surface area (Å²) in [5.41, 5.74) is 5.15. The van der Waals surface area contributed by atoms with Crippen LogP contribution in [0.25, 0.3) is 0 Å². The third-order valence-corrected chi connectivity index (χ3v) is 2.18. The Kier molecular flexibility index (Phi) is 2.39. The molecule has 0 saturated heterocycles. The molecular weight excluding hydrogens is 224 g/mol. The van der Waals surface area contributed by atoms with Gasteiger partial charge in [0, 0.05) is 5.56 Å². The van der Waals surface area contributed by atoms with Crippen LogP contribution >= 0.6 is 0 Å². The van der Waals surface area contributed by atoms with E-state index in [0.29, 0.717) is 0 Å². The minimum absolute atomic E-state index is 0.154. The number of ether oxygens (including phenoxy) is 2. The first-order valence-corrected chi connectivity index (χ1v) is 4.28. The summed E-state index contributed by atoms with van der Waals surface area (Å²) in [5, 5.41) is 8.69. The molecule has 2 aliphatic rings. The van der Waals surface area contributed by atoms with E-state index in [4.69, 9.17) is 20.3 Å². The average Bonchev–Trinajstić information content (AvgIpc) is 2.53. The monoisotopic (exact) mass is 231 g/mol. The number of carboxylic acid groups (broad SMARTS) is 1. The second-order valence-corrected chi connectivity index (χ2v) is 3.14. The lowest BCUT2D eigenvalue weighted by atomic mass is 10.1. The molecule has 0 fully saturated rings. The van der Waals surface area contributed by atoms with Crippen LogP contribution in [0.15, 0.2) is 6.07 Å². The molecule has 0 aliphatic carbocycles. The highest BCUT2D eigenvalue weighted by atomic mass is 19.2. The highest BCUT2D eigenvalue weighted by molar-refractivity contribution is 5.76. The van der Waals surface area contributed by atoms with E-state index >= 15 is 0 Å². The molecular formula is C9H7F2NO4. The lowest BCUT2D eigenvalue weighted by Crippen LogP contribution is -2.21. The molecule has 3 rings (SSSR count). The number of carboxylic acids is 1. The van der Waals surface area contributed by atoms with Crippen molar-refractivity contribution >= 4 is 5.97 Å². The zero-order valence-electron chi connectivity index (χ0n) is 7.87. The summed E-state index contributed by atoms with van der Waals surface area (Å²) in [4.78, 5) is 10.7. The maximum Gasteiger partial charge on any atom is 0.325 e. The van der Waals surface area contributed by atoms with Crippen molar-refractivity contribution in [2.45, 2.75) is 6.04 Å². The average molecular weight is 231 g/mol. The highest BCUT2D eigenvalue weighted by Crippen LogP contribution is 2.37. The number of rotatable bonds is 2. The Hall–Kier alpha value is -1.89. The van der Waals surface area contributed by atoms with Crippen molar-refractivity contribution in [3.8, 4) is 11.5 Å². The van der Waals surface area contributed by atoms with Crippen molar-refractivity contribution in [3.63, 3.8) is 0 Å². The Morgan fingerprint density at radius 1 is 1.44 bits per heavy atom. The van der Waals surface area contributed by atoms with Crippen LogP contribution in [0.4, 0.5) is 8.78 Å². The Bertz CT molecular complexity index is 463. The van der Waals surface area contributed by atoms with Gasteiger partial charge in [-0.15, -0.1) is 0 Å². The fourth-order valence-corrected chi connectivity index (χ4v) is 1.37. The number of carbonyl (C=O) groups is 1. The molecule has 2 aliphatic heterocycles. The number of hydrogen-bond acceptors (Lipinski definition) is 4. The first-order valence-electron chi connectivity index (χ1n) is 4.28. The molecule has 0 aromatic heterocycles. The van der Waals surface area contributed by atoms with Crippen LogP contribution in [0.5, 0.6) is 11.5 Å². The van der Waals surface area contributed by atoms with Gasteiger partial charge in [-0.1, -0.05) is 0 Å². The van der Waals surface area contributed by atoms with E-state index in [0.717, 1.165) is 6.07 Å². The van der Waals surface area contributed by atoms with E-state index in [-0.39, 0.29) is 5.56 Å². The molecule has 1 aromatic carbocycles. The Morgan fingerprint density at radius 2 is 2.12 bits per heavy atom. The summed E-state index contributed by atoms with van der Waals surface area (Å²) < 4.78 is 36.0. The highest BCUT2D eigenvalue weighted by Gasteiger charge is 2.29. The van der Waals surface area contributed by atoms with Gasteiger partial charge in [-0.2, -0.15) is 8.78 Å². The van der Waals surface area contributed by atoms with Crippen LogP contribution in [-0.2, 0) is 4.79 Å². The molecule has 1 unspecified atom stereocenters. The summed E-state index contributed by atoms with van der Waals surface area (Å²) >= 11 is 0. The van der Waals surface area contributed by atoms with E-state index in [2.05, 4.69) is 0 Å². The zero-order chi connectivity index (χ0) is 11.9. The van der Waals surface area contributed by atoms with Gasteiger partial charge in [0.05, 0.1) is 0 Å². The predicted molar refractivity (Wildman–Crippen MR) is 47.0 cm³/mol. The molecule has 2 heterocycles. The maximum atomic E-state index is 13.4. The number of halogens is 2. The smallest absolute Gasteiger partial charge is 0.325 e. The Balaban J connectivity index is 2.61. The van der Waals surface area contributed by atoms with E-state index in [1.165, 1.54) is 0 Å². The Morgan fingerprint density at radius 3 is 2.75 bits per heavy atom. The van der Waals surface area contributed by atoms with Gasteiger partial charge in [0.2, 0.25) is 18.4 Å². The van der Waals surface area contributed by atoms with Gasteiger partial charge < -0.3 is 20.3 Å². The summed E-state index contributed by atoms with van der Waals surface area (Å²) in [6.45, 7) is -0.391. The summed E-state index contributed by atoms with van der Waals surface area (Å²) in [6.07, 6.45) is 0. The van der Waals surface area contributed by atoms with Crippen molar-refractivity contribution in [2.75, 3.05) is 6.79 Å². The second-order valence-electron chi connectivity index (χ2n) is 3.14. The van der Waals surface area contributed by atoms with Crippen LogP contribution in [-0.4, -0.2) is 17.9 Å². The molecule has 16 heavy (non-hydrogen) atoms. The summed E-state index contributed by atoms with van der Waals surface area (Å²) in [7, 11) is 0. The van der Waals surface area contributed by atoms with Gasteiger partial charge >= 0.3 is 5.97 Å². The van der Waals surface area contributed by atoms with E-state index in [9.17, 15) is 13.6 Å². The molecule has 0 amide bonds. The minimum Gasteiger partial charge on any atom is -0.480 e. The van der Waals surface area contributed by atoms with Crippen LogP contribution in [0, 0.1) is 11.6 Å². The van der Waals surface area contributed by atoms with Crippen LogP contribution in [0.1, 0.15) is 11.6 Å². The minimum atomic E-state index is -1.49. The molecule has 0 radical (unpaired) electrons. The van der Waals surface area contributed by atoms with Gasteiger partial charge in [-0.05, 0) is 6.07 Å². The molecule has 7 heteroatoms. The quantitative estimate of drug-likeness (QED) is 0.785. The third kappa shape index (κ3) is 1.45. The third-order valence-electron chi connectivity index (χ3n) is 2.18. The topological polar surface area (TPSA) is 81.8 Å². The fraction of sp³-hybridized carbons (Fsp3) is 0.222. The van der Waals surface area contributed by atoms with Gasteiger partial charge in [0.1, 0.15) is 6.04 Å².